The molecule has 0 aliphatic carbocycles. The summed E-state index contributed by atoms with van der Waals surface area (Å²) in [6.45, 7) is 4.44. The minimum atomic E-state index is -1.14. The lowest BCUT2D eigenvalue weighted by atomic mass is 10.1. The molecule has 0 saturated heterocycles. The zero-order chi connectivity index (χ0) is 42.8. The molecule has 0 N–H and O–H groups in total. The Hall–Kier alpha value is -3.23. The van der Waals surface area contributed by atoms with Crippen LogP contribution < -0.4 is 5.11 Å². The largest absolute Gasteiger partial charge is 0.544 e. The highest BCUT2D eigenvalue weighted by molar-refractivity contribution is 5.70. The molecule has 0 aromatic rings. The van der Waals surface area contributed by atoms with Crippen molar-refractivity contribution in [3.63, 3.8) is 0 Å². The summed E-state index contributed by atoms with van der Waals surface area (Å²) in [5.41, 5.74) is 0. The zero-order valence-electron chi connectivity index (χ0n) is 37.7. The number of nitrogens with zero attached hydrogens (tertiary/aromatic N) is 1. The number of rotatable bonds is 40. The number of carboxylic acid groups (broad SMARTS) is 1. The lowest BCUT2D eigenvalue weighted by Gasteiger charge is -2.34. The number of aliphatic carboxylic acids is 1. The van der Waals surface area contributed by atoms with Gasteiger partial charge in [-0.05, 0) is 70.6 Å². The van der Waals surface area contributed by atoms with Crippen molar-refractivity contribution in [1.29, 1.82) is 0 Å². The van der Waals surface area contributed by atoms with Gasteiger partial charge in [-0.3, -0.25) is 9.59 Å². The van der Waals surface area contributed by atoms with E-state index in [1.165, 1.54) is 83.5 Å². The van der Waals surface area contributed by atoms with Crippen LogP contribution in [0.15, 0.2) is 72.9 Å². The van der Waals surface area contributed by atoms with Gasteiger partial charge >= 0.3 is 11.9 Å². The van der Waals surface area contributed by atoms with Gasteiger partial charge in [-0.1, -0.05) is 157 Å². The van der Waals surface area contributed by atoms with Crippen LogP contribution in [0.4, 0.5) is 0 Å². The summed E-state index contributed by atoms with van der Waals surface area (Å²) in [7, 11) is 5.37. The van der Waals surface area contributed by atoms with Crippen LogP contribution >= 0.6 is 0 Å². The van der Waals surface area contributed by atoms with Crippen molar-refractivity contribution in [3.05, 3.63) is 72.9 Å². The van der Waals surface area contributed by atoms with Gasteiger partial charge in [0.25, 0.3) is 0 Å². The van der Waals surface area contributed by atoms with Gasteiger partial charge in [0.1, 0.15) is 12.6 Å². The van der Waals surface area contributed by atoms with Crippen molar-refractivity contribution >= 4 is 17.9 Å². The molecule has 0 amide bonds. The van der Waals surface area contributed by atoms with Crippen molar-refractivity contribution < 1.29 is 38.2 Å². The average molecular weight is 812 g/mol. The van der Waals surface area contributed by atoms with Crippen molar-refractivity contribution in [3.8, 4) is 0 Å². The second kappa shape index (κ2) is 40.5. The molecule has 332 valence electrons. The van der Waals surface area contributed by atoms with Crippen molar-refractivity contribution in [2.24, 2.45) is 0 Å². The maximum Gasteiger partial charge on any atom is 0.306 e. The Bertz CT molecular complexity index is 1180. The topological polar surface area (TPSA) is 102 Å². The summed E-state index contributed by atoms with van der Waals surface area (Å²) in [5.74, 6) is -1.85. The number of allylic oxidation sites excluding steroid dienone is 12. The predicted molar refractivity (Wildman–Crippen MR) is 240 cm³/mol. The van der Waals surface area contributed by atoms with Gasteiger partial charge in [0.15, 0.2) is 6.10 Å². The Kier molecular flexibility index (Phi) is 38.3. The zero-order valence-corrected chi connectivity index (χ0v) is 37.7. The molecule has 0 fully saturated rings. The normalized spacial score (nSPS) is 13.6. The molecule has 0 aliphatic rings. The number of likely N-dealkylation sites (N-methyl/N-ethyl adjacent to an activating group) is 1. The molecule has 0 rings (SSSR count). The highest BCUT2D eigenvalue weighted by Crippen LogP contribution is 2.13. The fraction of sp³-hybridized carbons (Fsp3) is 0.700. The Morgan fingerprint density at radius 1 is 0.534 bits per heavy atom. The van der Waals surface area contributed by atoms with E-state index < -0.39 is 24.1 Å². The molecular formula is C50H85NO7. The fourth-order valence-corrected chi connectivity index (χ4v) is 6.29. The molecular weight excluding hydrogens is 727 g/mol. The second-order valence-corrected chi connectivity index (χ2v) is 16.3. The van der Waals surface area contributed by atoms with Crippen LogP contribution in [0.5, 0.6) is 0 Å². The summed E-state index contributed by atoms with van der Waals surface area (Å²) in [4.78, 5) is 36.8. The molecule has 0 spiro atoms. The minimum absolute atomic E-state index is 0.00750. The van der Waals surface area contributed by atoms with E-state index in [0.29, 0.717) is 12.8 Å². The average Bonchev–Trinajstić information content (AvgIpc) is 3.18. The molecule has 0 radical (unpaired) electrons. The molecule has 8 heteroatoms. The van der Waals surface area contributed by atoms with E-state index in [4.69, 9.17) is 14.2 Å². The van der Waals surface area contributed by atoms with Crippen molar-refractivity contribution in [2.45, 2.75) is 187 Å². The van der Waals surface area contributed by atoms with Gasteiger partial charge in [-0.25, -0.2) is 0 Å². The molecule has 0 aliphatic heterocycles. The first-order valence-electron chi connectivity index (χ1n) is 23.0. The van der Waals surface area contributed by atoms with E-state index >= 15 is 0 Å². The van der Waals surface area contributed by atoms with Crippen LogP contribution in [-0.4, -0.2) is 75.5 Å². The van der Waals surface area contributed by atoms with Gasteiger partial charge in [0.2, 0.25) is 0 Å². The van der Waals surface area contributed by atoms with Crippen LogP contribution in [0.2, 0.25) is 0 Å². The third-order valence-corrected chi connectivity index (χ3v) is 9.84. The number of hydrogen-bond acceptors (Lipinski definition) is 7. The summed E-state index contributed by atoms with van der Waals surface area (Å²) >= 11 is 0. The van der Waals surface area contributed by atoms with E-state index in [1.54, 1.807) is 21.1 Å². The van der Waals surface area contributed by atoms with E-state index in [1.807, 2.05) is 12.2 Å². The fourth-order valence-electron chi connectivity index (χ4n) is 6.29. The lowest BCUT2D eigenvalue weighted by molar-refractivity contribution is -0.889. The van der Waals surface area contributed by atoms with Crippen LogP contribution in [0.3, 0.4) is 0 Å². The third-order valence-electron chi connectivity index (χ3n) is 9.84. The Labute approximate surface area is 355 Å². The predicted octanol–water partition coefficient (Wildman–Crippen LogP) is 11.4. The quantitative estimate of drug-likeness (QED) is 0.0263. The number of carbonyl (C=O) groups is 3. The van der Waals surface area contributed by atoms with Gasteiger partial charge < -0.3 is 28.6 Å². The van der Waals surface area contributed by atoms with Crippen LogP contribution in [0.25, 0.3) is 0 Å². The molecule has 58 heavy (non-hydrogen) atoms. The molecule has 0 aromatic carbocycles. The molecule has 0 bridgehead atoms. The molecule has 2 unspecified atom stereocenters. The summed E-state index contributed by atoms with van der Waals surface area (Å²) in [6, 6.07) is -0.741. The monoisotopic (exact) mass is 812 g/mol. The first-order valence-corrected chi connectivity index (χ1v) is 23.0. The van der Waals surface area contributed by atoms with Crippen LogP contribution in [0.1, 0.15) is 174 Å². The van der Waals surface area contributed by atoms with Crippen LogP contribution in [-0.2, 0) is 28.6 Å². The smallest absolute Gasteiger partial charge is 0.306 e. The highest BCUT2D eigenvalue weighted by atomic mass is 16.6. The SMILES string of the molecule is CC/C=C\C/C=C\C/C=C\C/C=C\CCC(=O)OC(COCCC(C(=O)[O-])[N+](C)(C)C)COC(=O)CCCCCCCCCCC/C=C\C/C=C\CCCCCCC. The highest BCUT2D eigenvalue weighted by Gasteiger charge is 2.25. The molecule has 0 saturated carbocycles. The second-order valence-electron chi connectivity index (χ2n) is 16.3. The first kappa shape index (κ1) is 54.8. The van der Waals surface area contributed by atoms with Gasteiger partial charge in [-0.15, -0.1) is 0 Å². The minimum Gasteiger partial charge on any atom is -0.544 e. The number of quaternary nitrogens is 1. The molecule has 2 atom stereocenters. The van der Waals surface area contributed by atoms with E-state index in [-0.39, 0.29) is 43.1 Å². The van der Waals surface area contributed by atoms with Gasteiger partial charge in [0, 0.05) is 19.3 Å². The summed E-state index contributed by atoms with van der Waals surface area (Å²) in [6.07, 6.45) is 50.9. The maximum absolute atomic E-state index is 12.7. The van der Waals surface area contributed by atoms with Gasteiger partial charge in [-0.2, -0.15) is 0 Å². The number of esters is 2. The summed E-state index contributed by atoms with van der Waals surface area (Å²) < 4.78 is 17.1. The first-order chi connectivity index (χ1) is 28.1. The van der Waals surface area contributed by atoms with Crippen molar-refractivity contribution in [1.82, 2.24) is 0 Å². The molecule has 0 aromatic heterocycles. The van der Waals surface area contributed by atoms with E-state index in [9.17, 15) is 19.5 Å². The maximum atomic E-state index is 12.7. The number of unbranched alkanes of at least 4 members (excludes halogenated alkanes) is 14. The van der Waals surface area contributed by atoms with Crippen LogP contribution in [0, 0.1) is 0 Å². The standard InChI is InChI=1S/C50H85NO7/c1-6-8-10-12-14-16-18-20-21-22-23-24-25-26-27-29-30-32-34-36-38-40-48(52)57-45-46(44-56-43-42-47(50(54)55)51(3,4)5)58-49(53)41-39-37-35-33-31-28-19-17-15-13-11-9-7-2/h9,11,15,17-18,20,22-23,28,31,35,37,46-47H,6-8,10,12-14,16,19,21,24-27,29-30,32-34,36,38-45H2,1-5H3/b11-9-,17-15-,20-18-,23-22-,31-28-,37-35-. The Morgan fingerprint density at radius 3 is 1.50 bits per heavy atom. The van der Waals surface area contributed by atoms with E-state index in [2.05, 4.69) is 74.6 Å². The lowest BCUT2D eigenvalue weighted by Crippen LogP contribution is -2.55. The number of hydrogen-bond donors (Lipinski definition) is 0. The number of carbonyl (C=O) groups excluding carboxylic acids is 3. The number of ether oxygens (including phenoxy) is 3. The van der Waals surface area contributed by atoms with Gasteiger partial charge in [0.05, 0.1) is 40.3 Å². The summed E-state index contributed by atoms with van der Waals surface area (Å²) in [5, 5.41) is 11.6. The third kappa shape index (κ3) is 38.3. The Balaban J connectivity index is 4.35. The molecule has 8 nitrogen and oxygen atoms in total. The van der Waals surface area contributed by atoms with Crippen molar-refractivity contribution in [2.75, 3.05) is 41.0 Å². The number of carboxylic acids is 1. The Morgan fingerprint density at radius 2 is 1.00 bits per heavy atom. The van der Waals surface area contributed by atoms with E-state index in [0.717, 1.165) is 51.4 Å². The molecule has 0 heterocycles.